The van der Waals surface area contributed by atoms with E-state index >= 15 is 0 Å². The molecule has 212 valence electrons. The number of rotatable bonds is 8. The van der Waals surface area contributed by atoms with Crippen LogP contribution >= 0.6 is 0 Å². The smallest absolute Gasteiger partial charge is 0.407 e. The van der Waals surface area contributed by atoms with E-state index in [-0.39, 0.29) is 5.91 Å². The van der Waals surface area contributed by atoms with E-state index in [4.69, 9.17) is 6.11 Å². The number of piperidine rings is 1. The number of hydrogen-bond donors (Lipinski definition) is 2. The molecular weight excluding hydrogens is 498 g/mol. The van der Waals surface area contributed by atoms with Crippen molar-refractivity contribution in [2.45, 2.75) is 70.3 Å². The first-order valence-corrected chi connectivity index (χ1v) is 15.0. The van der Waals surface area contributed by atoms with Gasteiger partial charge in [0.05, 0.1) is 7.98 Å². The predicted octanol–water partition coefficient (Wildman–Crippen LogP) is 6.41. The standard InChI is InChI=1S/C34H43N3O3/c1-2-3-25-40-33(39)36-34(19-9-4-10-20-34)32(38)35-21-24-37-22-17-28(18-23-37)31-29-13-7-5-11-26(29)15-16-27-12-6-8-14-30(27)31/h5-8,11-16H,2-4,9-10,17-25H2,1H3,(H,35,38)(H,36,39)/i21T. The van der Waals surface area contributed by atoms with Gasteiger partial charge >= 0.3 is 6.09 Å². The third-order valence-electron chi connectivity index (χ3n) is 8.51. The lowest BCUT2D eigenvalue weighted by Gasteiger charge is -2.36. The average Bonchev–Trinajstić information content (AvgIpc) is 3.15. The van der Waals surface area contributed by atoms with Crippen LogP contribution in [0.15, 0.2) is 54.1 Å². The Hall–Kier alpha value is -3.38. The Bertz CT molecular complexity index is 1240. The summed E-state index contributed by atoms with van der Waals surface area (Å²) < 4.78 is 14.0. The number of benzene rings is 2. The minimum atomic E-state index is -0.991. The SMILES string of the molecule is [3H]C(CN1CCC(=C2c3ccccc3C=Cc3ccccc32)CC1)NC(=O)C1(NC(=O)OCCCC)CCCCC1. The van der Waals surface area contributed by atoms with E-state index in [1.165, 1.54) is 33.4 Å². The summed E-state index contributed by atoms with van der Waals surface area (Å²) in [5.74, 6) is -0.261. The van der Waals surface area contributed by atoms with Gasteiger partial charge in [0.2, 0.25) is 5.91 Å². The second-order valence-corrected chi connectivity index (χ2v) is 11.2. The molecule has 0 spiro atoms. The van der Waals surface area contributed by atoms with E-state index in [0.717, 1.165) is 58.0 Å². The summed E-state index contributed by atoms with van der Waals surface area (Å²) in [6.07, 6.45) is 11.4. The van der Waals surface area contributed by atoms with Crippen LogP contribution in [0.3, 0.4) is 0 Å². The molecule has 2 amide bonds. The molecule has 40 heavy (non-hydrogen) atoms. The molecule has 1 atom stereocenters. The predicted molar refractivity (Wildman–Crippen MR) is 162 cm³/mol. The number of nitrogens with one attached hydrogen (secondary N) is 2. The Balaban J connectivity index is 1.22. The lowest BCUT2D eigenvalue weighted by molar-refractivity contribution is -0.128. The van der Waals surface area contributed by atoms with Crippen molar-refractivity contribution in [3.8, 4) is 0 Å². The molecule has 2 aliphatic carbocycles. The van der Waals surface area contributed by atoms with Crippen molar-refractivity contribution in [2.75, 3.05) is 32.8 Å². The van der Waals surface area contributed by atoms with Crippen molar-refractivity contribution >= 4 is 29.7 Å². The fourth-order valence-electron chi connectivity index (χ4n) is 6.21. The quantitative estimate of drug-likeness (QED) is 0.322. The van der Waals surface area contributed by atoms with Gasteiger partial charge in [0.15, 0.2) is 0 Å². The zero-order chi connectivity index (χ0) is 28.7. The van der Waals surface area contributed by atoms with Crippen LogP contribution in [0.1, 0.15) is 88.3 Å². The molecule has 1 saturated heterocycles. The first-order valence-electron chi connectivity index (χ1n) is 15.6. The summed E-state index contributed by atoms with van der Waals surface area (Å²) in [7, 11) is 0. The van der Waals surface area contributed by atoms with Gasteiger partial charge < -0.3 is 20.3 Å². The van der Waals surface area contributed by atoms with Crippen molar-refractivity contribution in [1.29, 1.82) is 0 Å². The van der Waals surface area contributed by atoms with Crippen molar-refractivity contribution in [1.82, 2.24) is 15.5 Å². The Morgan fingerprint density at radius 3 is 2.20 bits per heavy atom. The molecule has 2 aromatic carbocycles. The molecule has 1 aliphatic heterocycles. The molecule has 6 nitrogen and oxygen atoms in total. The van der Waals surface area contributed by atoms with Crippen LogP contribution in [-0.4, -0.2) is 55.2 Å². The summed E-state index contributed by atoms with van der Waals surface area (Å²) in [6.45, 7) is 3.77. The summed E-state index contributed by atoms with van der Waals surface area (Å²) in [6, 6.07) is 17.2. The fraction of sp³-hybridized carbons (Fsp3) is 0.471. The zero-order valence-corrected chi connectivity index (χ0v) is 23.7. The molecule has 2 fully saturated rings. The number of carbonyl (C=O) groups is 2. The number of fused-ring (bicyclic) bond motifs is 2. The number of alkyl carbamates (subject to hydrolysis) is 1. The van der Waals surface area contributed by atoms with Gasteiger partial charge in [-0.2, -0.15) is 0 Å². The van der Waals surface area contributed by atoms with Crippen LogP contribution in [0, 0.1) is 0 Å². The van der Waals surface area contributed by atoms with E-state index < -0.39 is 18.2 Å². The highest BCUT2D eigenvalue weighted by molar-refractivity contribution is 5.95. The number of likely N-dealkylation sites (tertiary alicyclic amines) is 1. The highest BCUT2D eigenvalue weighted by Crippen LogP contribution is 2.38. The van der Waals surface area contributed by atoms with E-state index in [1.807, 2.05) is 6.92 Å². The van der Waals surface area contributed by atoms with Crippen LogP contribution < -0.4 is 10.6 Å². The highest BCUT2D eigenvalue weighted by Gasteiger charge is 2.41. The van der Waals surface area contributed by atoms with Crippen LogP contribution in [0.4, 0.5) is 4.79 Å². The molecule has 0 radical (unpaired) electrons. The van der Waals surface area contributed by atoms with Gasteiger partial charge in [0.25, 0.3) is 0 Å². The van der Waals surface area contributed by atoms with E-state index in [2.05, 4.69) is 76.2 Å². The first kappa shape index (κ1) is 26.8. The Kier molecular flexibility index (Phi) is 8.93. The van der Waals surface area contributed by atoms with Gasteiger partial charge in [-0.3, -0.25) is 4.79 Å². The van der Waals surface area contributed by atoms with Crippen LogP contribution in [-0.2, 0) is 9.53 Å². The summed E-state index contributed by atoms with van der Waals surface area (Å²) in [5, 5.41) is 5.80. The normalized spacial score (nSPS) is 19.5. The second-order valence-electron chi connectivity index (χ2n) is 11.2. The highest BCUT2D eigenvalue weighted by atomic mass is 16.5. The maximum atomic E-state index is 13.4. The monoisotopic (exact) mass is 543 g/mol. The molecule has 5 rings (SSSR count). The van der Waals surface area contributed by atoms with Crippen molar-refractivity contribution in [3.05, 3.63) is 76.4 Å². The largest absolute Gasteiger partial charge is 0.450 e. The molecule has 6 heteroatoms. The van der Waals surface area contributed by atoms with E-state index in [1.54, 1.807) is 0 Å². The van der Waals surface area contributed by atoms with Crippen LogP contribution in [0.25, 0.3) is 17.7 Å². The maximum absolute atomic E-state index is 13.4. The Morgan fingerprint density at radius 1 is 0.950 bits per heavy atom. The molecule has 2 N–H and O–H groups in total. The van der Waals surface area contributed by atoms with Gasteiger partial charge in [-0.1, -0.05) is 98.9 Å². The van der Waals surface area contributed by atoms with Crippen molar-refractivity contribution in [3.63, 3.8) is 0 Å². The Labute approximate surface area is 240 Å². The van der Waals surface area contributed by atoms with Gasteiger partial charge in [-0.15, -0.1) is 0 Å². The first-order chi connectivity index (χ1) is 20.0. The molecule has 1 heterocycles. The minimum Gasteiger partial charge on any atom is -0.450 e. The fourth-order valence-corrected chi connectivity index (χ4v) is 6.21. The lowest BCUT2D eigenvalue weighted by Crippen LogP contribution is -2.60. The third kappa shape index (κ3) is 6.49. The summed E-state index contributed by atoms with van der Waals surface area (Å²) in [4.78, 5) is 28.2. The number of unbranched alkanes of at least 4 members (excludes halogenated alkanes) is 1. The Morgan fingerprint density at radius 2 is 1.57 bits per heavy atom. The third-order valence-corrected chi connectivity index (χ3v) is 8.51. The van der Waals surface area contributed by atoms with Crippen LogP contribution in [0.2, 0.25) is 0 Å². The average molecular weight is 544 g/mol. The molecule has 1 unspecified atom stereocenters. The summed E-state index contributed by atoms with van der Waals surface area (Å²) in [5.41, 5.74) is 6.83. The van der Waals surface area contributed by atoms with Crippen molar-refractivity contribution in [2.24, 2.45) is 0 Å². The molecule has 0 bridgehead atoms. The van der Waals surface area contributed by atoms with Gasteiger partial charge in [0.1, 0.15) is 5.54 Å². The summed E-state index contributed by atoms with van der Waals surface area (Å²) >= 11 is 0. The van der Waals surface area contributed by atoms with Crippen molar-refractivity contribution < 1.29 is 15.7 Å². The number of carbonyl (C=O) groups excluding carboxylic acids is 2. The lowest BCUT2D eigenvalue weighted by atomic mass is 9.81. The molecule has 0 aromatic heterocycles. The maximum Gasteiger partial charge on any atom is 0.407 e. The topological polar surface area (TPSA) is 70.7 Å². The minimum absolute atomic E-state index is 0.261. The molecule has 3 aliphatic rings. The second kappa shape index (κ2) is 13.3. The van der Waals surface area contributed by atoms with Gasteiger partial charge in [-0.25, -0.2) is 4.79 Å². The van der Waals surface area contributed by atoms with Gasteiger partial charge in [0, 0.05) is 26.2 Å². The number of nitrogens with zero attached hydrogens (tertiary/aromatic N) is 1. The molecule has 1 saturated carbocycles. The van der Waals surface area contributed by atoms with Gasteiger partial charge in [-0.05, 0) is 59.9 Å². The number of hydrogen-bond acceptors (Lipinski definition) is 4. The molecular formula is C34H43N3O3. The molecule has 2 aromatic rings. The number of amides is 2. The van der Waals surface area contributed by atoms with E-state index in [0.29, 0.717) is 26.0 Å². The van der Waals surface area contributed by atoms with E-state index in [9.17, 15) is 9.59 Å². The zero-order valence-electron chi connectivity index (χ0n) is 24.7. The number of ether oxygens (including phenoxy) is 1. The van der Waals surface area contributed by atoms with Crippen LogP contribution in [0.5, 0.6) is 0 Å².